The van der Waals surface area contributed by atoms with Crippen LogP contribution in [0.1, 0.15) is 51.7 Å². The molecular formula is C16H26N4O3. The highest BCUT2D eigenvalue weighted by atomic mass is 16.5. The van der Waals surface area contributed by atoms with Gasteiger partial charge < -0.3 is 19.9 Å². The van der Waals surface area contributed by atoms with Gasteiger partial charge in [0.05, 0.1) is 6.10 Å². The third-order valence-electron chi connectivity index (χ3n) is 5.01. The van der Waals surface area contributed by atoms with Crippen molar-refractivity contribution in [2.75, 3.05) is 13.2 Å². The van der Waals surface area contributed by atoms with Gasteiger partial charge in [0.15, 0.2) is 5.82 Å². The Morgan fingerprint density at radius 2 is 2.22 bits per heavy atom. The number of fused-ring (bicyclic) bond motifs is 1. The maximum absolute atomic E-state index is 12.1. The standard InChI is InChI=1S/C16H26N4O3/c1-9(2)14-18-11(23-20-14)5-7-17-15(21)19-12-10-6-8-22-13(10)16(12,3)4/h9-10,12-13H,5-8H2,1-4H3,(H2,17,19,21)/t10-,12+,13-/m0/s1. The summed E-state index contributed by atoms with van der Waals surface area (Å²) in [4.78, 5) is 16.4. The van der Waals surface area contributed by atoms with Gasteiger partial charge in [0.1, 0.15) is 0 Å². The highest BCUT2D eigenvalue weighted by Gasteiger charge is 2.59. The lowest BCUT2D eigenvalue weighted by Crippen LogP contribution is -2.67. The van der Waals surface area contributed by atoms with Crippen LogP contribution >= 0.6 is 0 Å². The Morgan fingerprint density at radius 3 is 2.91 bits per heavy atom. The van der Waals surface area contributed by atoms with E-state index in [0.29, 0.717) is 30.6 Å². The van der Waals surface area contributed by atoms with Crippen LogP contribution in [-0.4, -0.2) is 41.5 Å². The Kier molecular flexibility index (Phi) is 4.31. The molecule has 23 heavy (non-hydrogen) atoms. The Hall–Kier alpha value is -1.63. The van der Waals surface area contributed by atoms with Crippen LogP contribution in [0.4, 0.5) is 4.79 Å². The van der Waals surface area contributed by atoms with Crippen molar-refractivity contribution in [3.8, 4) is 0 Å². The van der Waals surface area contributed by atoms with E-state index < -0.39 is 0 Å². The number of rotatable bonds is 5. The summed E-state index contributed by atoms with van der Waals surface area (Å²) < 4.78 is 10.9. The van der Waals surface area contributed by atoms with E-state index in [0.717, 1.165) is 13.0 Å². The Bertz CT molecular complexity index is 569. The van der Waals surface area contributed by atoms with Crippen LogP contribution in [0.5, 0.6) is 0 Å². The third-order valence-corrected chi connectivity index (χ3v) is 5.01. The number of carbonyl (C=O) groups is 1. The van der Waals surface area contributed by atoms with E-state index in [1.807, 2.05) is 13.8 Å². The molecule has 0 radical (unpaired) electrons. The molecule has 1 aliphatic heterocycles. The monoisotopic (exact) mass is 322 g/mol. The van der Waals surface area contributed by atoms with Gasteiger partial charge in [0.25, 0.3) is 0 Å². The number of aromatic nitrogens is 2. The van der Waals surface area contributed by atoms with Gasteiger partial charge in [-0.15, -0.1) is 0 Å². The van der Waals surface area contributed by atoms with Crippen molar-refractivity contribution in [2.45, 2.75) is 58.6 Å². The fraction of sp³-hybridized carbons (Fsp3) is 0.812. The third kappa shape index (κ3) is 3.06. The molecule has 0 unspecified atom stereocenters. The second kappa shape index (κ2) is 6.11. The van der Waals surface area contributed by atoms with Gasteiger partial charge >= 0.3 is 6.03 Å². The molecule has 0 aromatic carbocycles. The van der Waals surface area contributed by atoms with Crippen molar-refractivity contribution in [2.24, 2.45) is 11.3 Å². The zero-order valence-corrected chi connectivity index (χ0v) is 14.3. The van der Waals surface area contributed by atoms with Gasteiger partial charge in [-0.3, -0.25) is 0 Å². The zero-order chi connectivity index (χ0) is 16.6. The molecular weight excluding hydrogens is 296 g/mol. The number of amides is 2. The number of nitrogens with zero attached hydrogens (tertiary/aromatic N) is 2. The van der Waals surface area contributed by atoms with Gasteiger partial charge in [-0.2, -0.15) is 4.98 Å². The van der Waals surface area contributed by atoms with E-state index in [1.165, 1.54) is 0 Å². The average molecular weight is 322 g/mol. The fourth-order valence-corrected chi connectivity index (χ4v) is 3.70. The molecule has 1 aromatic heterocycles. The molecule has 3 rings (SSSR count). The molecule has 128 valence electrons. The molecule has 1 saturated carbocycles. The maximum Gasteiger partial charge on any atom is 0.315 e. The van der Waals surface area contributed by atoms with Gasteiger partial charge in [-0.1, -0.05) is 32.9 Å². The minimum absolute atomic E-state index is 0.00282. The number of carbonyl (C=O) groups excluding carboxylic acids is 1. The molecule has 0 bridgehead atoms. The summed E-state index contributed by atoms with van der Waals surface area (Å²) in [5.74, 6) is 1.95. The topological polar surface area (TPSA) is 89.3 Å². The number of hydrogen-bond acceptors (Lipinski definition) is 5. The molecule has 7 heteroatoms. The predicted molar refractivity (Wildman–Crippen MR) is 84.0 cm³/mol. The van der Waals surface area contributed by atoms with E-state index in [1.54, 1.807) is 0 Å². The summed E-state index contributed by atoms with van der Waals surface area (Å²) in [7, 11) is 0. The summed E-state index contributed by atoms with van der Waals surface area (Å²) in [6.07, 6.45) is 1.84. The van der Waals surface area contributed by atoms with Crippen LogP contribution in [-0.2, 0) is 11.2 Å². The smallest absolute Gasteiger partial charge is 0.315 e. The molecule has 7 nitrogen and oxygen atoms in total. The summed E-state index contributed by atoms with van der Waals surface area (Å²) in [5.41, 5.74) is -0.00282. The molecule has 1 saturated heterocycles. The lowest BCUT2D eigenvalue weighted by molar-refractivity contribution is -0.108. The molecule has 0 spiro atoms. The summed E-state index contributed by atoms with van der Waals surface area (Å²) in [6, 6.07) is 0.0305. The molecule has 2 fully saturated rings. The van der Waals surface area contributed by atoms with E-state index in [9.17, 15) is 4.79 Å². The van der Waals surface area contributed by atoms with Crippen LogP contribution in [0.3, 0.4) is 0 Å². The Labute approximate surface area is 136 Å². The highest BCUT2D eigenvalue weighted by molar-refractivity contribution is 5.74. The second-order valence-electron chi connectivity index (χ2n) is 7.39. The van der Waals surface area contributed by atoms with Gasteiger partial charge in [0.2, 0.25) is 5.89 Å². The average Bonchev–Trinajstić information content (AvgIpc) is 3.13. The quantitative estimate of drug-likeness (QED) is 0.863. The van der Waals surface area contributed by atoms with Crippen molar-refractivity contribution in [1.29, 1.82) is 0 Å². The van der Waals surface area contributed by atoms with Gasteiger partial charge in [-0.25, -0.2) is 4.79 Å². The molecule has 2 N–H and O–H groups in total. The zero-order valence-electron chi connectivity index (χ0n) is 14.3. The van der Waals surface area contributed by atoms with Crippen molar-refractivity contribution in [1.82, 2.24) is 20.8 Å². The number of ether oxygens (including phenoxy) is 1. The van der Waals surface area contributed by atoms with Crippen molar-refractivity contribution in [3.05, 3.63) is 11.7 Å². The van der Waals surface area contributed by atoms with E-state index in [4.69, 9.17) is 9.26 Å². The minimum Gasteiger partial charge on any atom is -0.377 e. The van der Waals surface area contributed by atoms with Crippen molar-refractivity contribution in [3.63, 3.8) is 0 Å². The number of hydrogen-bond donors (Lipinski definition) is 2. The normalized spacial score (nSPS) is 28.3. The van der Waals surface area contributed by atoms with Gasteiger partial charge in [0, 0.05) is 42.9 Å². The molecule has 2 aliphatic rings. The fourth-order valence-electron chi connectivity index (χ4n) is 3.70. The molecule has 2 amide bonds. The number of nitrogens with one attached hydrogen (secondary N) is 2. The minimum atomic E-state index is -0.142. The van der Waals surface area contributed by atoms with Crippen LogP contribution in [0, 0.1) is 11.3 Å². The summed E-state index contributed by atoms with van der Waals surface area (Å²) in [5, 5.41) is 9.87. The second-order valence-corrected chi connectivity index (χ2v) is 7.39. The highest BCUT2D eigenvalue weighted by Crippen LogP contribution is 2.51. The molecule has 1 aromatic rings. The van der Waals surface area contributed by atoms with E-state index >= 15 is 0 Å². The van der Waals surface area contributed by atoms with E-state index in [2.05, 4.69) is 34.6 Å². The lowest BCUT2D eigenvalue weighted by atomic mass is 9.57. The van der Waals surface area contributed by atoms with Crippen LogP contribution in [0.15, 0.2) is 4.52 Å². The molecule has 2 heterocycles. The molecule has 3 atom stereocenters. The first-order valence-electron chi connectivity index (χ1n) is 8.38. The SMILES string of the molecule is CC(C)c1noc(CCNC(=O)N[C@@H]2[C@@H]3CCO[C@@H]3C2(C)C)n1. The number of urea groups is 1. The first-order chi connectivity index (χ1) is 10.9. The largest absolute Gasteiger partial charge is 0.377 e. The summed E-state index contributed by atoms with van der Waals surface area (Å²) in [6.45, 7) is 9.60. The van der Waals surface area contributed by atoms with Gasteiger partial charge in [-0.05, 0) is 6.42 Å². The van der Waals surface area contributed by atoms with Crippen LogP contribution in [0.2, 0.25) is 0 Å². The van der Waals surface area contributed by atoms with Crippen molar-refractivity contribution >= 4 is 6.03 Å². The van der Waals surface area contributed by atoms with Crippen LogP contribution < -0.4 is 10.6 Å². The first-order valence-corrected chi connectivity index (χ1v) is 8.38. The Morgan fingerprint density at radius 1 is 1.43 bits per heavy atom. The lowest BCUT2D eigenvalue weighted by Gasteiger charge is -2.54. The Balaban J connectivity index is 1.43. The van der Waals surface area contributed by atoms with Crippen molar-refractivity contribution < 1.29 is 14.1 Å². The predicted octanol–water partition coefficient (Wildman–Crippen LogP) is 1.85. The van der Waals surface area contributed by atoms with Crippen LogP contribution in [0.25, 0.3) is 0 Å². The summed E-state index contributed by atoms with van der Waals surface area (Å²) >= 11 is 0. The maximum atomic E-state index is 12.1. The van der Waals surface area contributed by atoms with E-state index in [-0.39, 0.29) is 29.5 Å². The molecule has 1 aliphatic carbocycles. The first kappa shape index (κ1) is 16.2.